The lowest BCUT2D eigenvalue weighted by Gasteiger charge is -2.10. The molecule has 4 heteroatoms. The summed E-state index contributed by atoms with van der Waals surface area (Å²) in [6.45, 7) is 4.47. The quantitative estimate of drug-likeness (QED) is 0.871. The Hall–Kier alpha value is -2.07. The van der Waals surface area contributed by atoms with Crippen LogP contribution in [0.2, 0.25) is 0 Å². The van der Waals surface area contributed by atoms with E-state index in [1.807, 2.05) is 38.1 Å². The summed E-state index contributed by atoms with van der Waals surface area (Å²) in [5.41, 5.74) is 0.655. The molecule has 1 aromatic heterocycles. The van der Waals surface area contributed by atoms with Crippen molar-refractivity contribution in [3.05, 3.63) is 48.3 Å². The second-order valence-electron chi connectivity index (χ2n) is 4.35. The number of nitrogens with zero attached hydrogens (tertiary/aromatic N) is 1. The van der Waals surface area contributed by atoms with E-state index >= 15 is 0 Å². The van der Waals surface area contributed by atoms with E-state index < -0.39 is 6.10 Å². The van der Waals surface area contributed by atoms with Gasteiger partial charge in [0.2, 0.25) is 0 Å². The van der Waals surface area contributed by atoms with Crippen LogP contribution in [0, 0.1) is 0 Å². The third-order valence-corrected chi connectivity index (χ3v) is 2.84. The van der Waals surface area contributed by atoms with Crippen LogP contribution < -0.4 is 9.47 Å². The zero-order valence-corrected chi connectivity index (χ0v) is 11.7. The van der Waals surface area contributed by atoms with Gasteiger partial charge in [-0.15, -0.1) is 0 Å². The molecular weight excluding hydrogens is 254 g/mol. The Labute approximate surface area is 119 Å². The van der Waals surface area contributed by atoms with Crippen molar-refractivity contribution in [2.45, 2.75) is 26.4 Å². The van der Waals surface area contributed by atoms with Crippen molar-refractivity contribution in [3.8, 4) is 17.2 Å². The van der Waals surface area contributed by atoms with Gasteiger partial charge in [-0.3, -0.25) is 4.98 Å². The molecule has 0 fully saturated rings. The zero-order chi connectivity index (χ0) is 14.4. The Kier molecular flexibility index (Phi) is 4.96. The number of aromatic nitrogens is 1. The fourth-order valence-corrected chi connectivity index (χ4v) is 1.79. The van der Waals surface area contributed by atoms with Crippen LogP contribution >= 0.6 is 0 Å². The molecule has 0 bridgehead atoms. The molecule has 0 saturated carbocycles. The Bertz CT molecular complexity index is 540. The lowest BCUT2D eigenvalue weighted by molar-refractivity contribution is 0.169. The predicted molar refractivity (Wildman–Crippen MR) is 77.2 cm³/mol. The van der Waals surface area contributed by atoms with Gasteiger partial charge in [0, 0.05) is 6.07 Å². The average molecular weight is 273 g/mol. The maximum absolute atomic E-state index is 9.69. The molecule has 1 aromatic carbocycles. The van der Waals surface area contributed by atoms with E-state index in [4.69, 9.17) is 9.47 Å². The Morgan fingerprint density at radius 1 is 1.10 bits per heavy atom. The molecule has 0 radical (unpaired) electrons. The monoisotopic (exact) mass is 273 g/mol. The Morgan fingerprint density at radius 2 is 1.90 bits per heavy atom. The molecule has 20 heavy (non-hydrogen) atoms. The lowest BCUT2D eigenvalue weighted by Crippen LogP contribution is -1.98. The van der Waals surface area contributed by atoms with Gasteiger partial charge >= 0.3 is 0 Å². The number of hydrogen-bond acceptors (Lipinski definition) is 4. The molecule has 0 saturated heterocycles. The first-order valence-corrected chi connectivity index (χ1v) is 6.77. The SMILES string of the molecule is CCOc1cccc(Oc2ccc([C@@H](O)CC)nc2)c1. The number of ether oxygens (including phenoxy) is 2. The standard InChI is InChI=1S/C16H19NO3/c1-3-16(18)15-9-8-14(11-17-15)20-13-7-5-6-12(10-13)19-4-2/h5-11,16,18H,3-4H2,1-2H3/t16-/m0/s1. The van der Waals surface area contributed by atoms with Gasteiger partial charge < -0.3 is 14.6 Å². The molecule has 0 amide bonds. The van der Waals surface area contributed by atoms with E-state index in [1.165, 1.54) is 0 Å². The minimum atomic E-state index is -0.523. The summed E-state index contributed by atoms with van der Waals surface area (Å²) in [7, 11) is 0. The minimum Gasteiger partial charge on any atom is -0.494 e. The molecule has 4 nitrogen and oxygen atoms in total. The van der Waals surface area contributed by atoms with Crippen LogP contribution in [0.4, 0.5) is 0 Å². The molecule has 0 spiro atoms. The van der Waals surface area contributed by atoms with E-state index in [1.54, 1.807) is 18.3 Å². The lowest BCUT2D eigenvalue weighted by atomic mass is 10.2. The van der Waals surface area contributed by atoms with Crippen molar-refractivity contribution in [2.24, 2.45) is 0 Å². The summed E-state index contributed by atoms with van der Waals surface area (Å²) < 4.78 is 11.1. The maximum Gasteiger partial charge on any atom is 0.145 e. The number of hydrogen-bond donors (Lipinski definition) is 1. The van der Waals surface area contributed by atoms with Gasteiger partial charge in [0.15, 0.2) is 0 Å². The van der Waals surface area contributed by atoms with E-state index in [0.29, 0.717) is 30.2 Å². The zero-order valence-electron chi connectivity index (χ0n) is 11.7. The van der Waals surface area contributed by atoms with Gasteiger partial charge in [0.25, 0.3) is 0 Å². The highest BCUT2D eigenvalue weighted by Gasteiger charge is 2.06. The van der Waals surface area contributed by atoms with Crippen LogP contribution in [0.25, 0.3) is 0 Å². The Morgan fingerprint density at radius 3 is 2.55 bits per heavy atom. The van der Waals surface area contributed by atoms with Crippen LogP contribution in [0.15, 0.2) is 42.6 Å². The van der Waals surface area contributed by atoms with E-state index in [2.05, 4.69) is 4.98 Å². The fourth-order valence-electron chi connectivity index (χ4n) is 1.79. The molecule has 0 unspecified atom stereocenters. The largest absolute Gasteiger partial charge is 0.494 e. The van der Waals surface area contributed by atoms with E-state index in [0.717, 1.165) is 5.75 Å². The number of rotatable bonds is 6. The first kappa shape index (κ1) is 14.3. The molecule has 1 heterocycles. The normalized spacial score (nSPS) is 11.9. The molecule has 0 aliphatic rings. The van der Waals surface area contributed by atoms with Crippen LogP contribution in [0.1, 0.15) is 32.1 Å². The van der Waals surface area contributed by atoms with E-state index in [-0.39, 0.29) is 0 Å². The summed E-state index contributed by atoms with van der Waals surface area (Å²) in [5, 5.41) is 9.69. The van der Waals surface area contributed by atoms with Gasteiger partial charge in [-0.2, -0.15) is 0 Å². The summed E-state index contributed by atoms with van der Waals surface area (Å²) in [4.78, 5) is 4.20. The van der Waals surface area contributed by atoms with Crippen LogP contribution in [0.3, 0.4) is 0 Å². The molecule has 0 aliphatic carbocycles. The highest BCUT2D eigenvalue weighted by atomic mass is 16.5. The minimum absolute atomic E-state index is 0.523. The molecule has 0 aliphatic heterocycles. The van der Waals surface area contributed by atoms with Crippen LogP contribution in [0.5, 0.6) is 17.2 Å². The van der Waals surface area contributed by atoms with Crippen molar-refractivity contribution < 1.29 is 14.6 Å². The third-order valence-electron chi connectivity index (χ3n) is 2.84. The number of aliphatic hydroxyl groups is 1. The number of pyridine rings is 1. The first-order chi connectivity index (χ1) is 9.72. The molecule has 2 aromatic rings. The van der Waals surface area contributed by atoms with Gasteiger partial charge in [-0.25, -0.2) is 0 Å². The van der Waals surface area contributed by atoms with Crippen molar-refractivity contribution in [1.29, 1.82) is 0 Å². The van der Waals surface area contributed by atoms with Gasteiger partial charge in [-0.1, -0.05) is 13.0 Å². The summed E-state index contributed by atoms with van der Waals surface area (Å²) in [5.74, 6) is 2.10. The summed E-state index contributed by atoms with van der Waals surface area (Å²) in [6, 6.07) is 11.0. The molecular formula is C16H19NO3. The fraction of sp³-hybridized carbons (Fsp3) is 0.312. The van der Waals surface area contributed by atoms with Crippen molar-refractivity contribution >= 4 is 0 Å². The number of benzene rings is 1. The highest BCUT2D eigenvalue weighted by molar-refractivity contribution is 5.36. The van der Waals surface area contributed by atoms with Gasteiger partial charge in [0.05, 0.1) is 24.6 Å². The average Bonchev–Trinajstić information content (AvgIpc) is 2.48. The van der Waals surface area contributed by atoms with Gasteiger partial charge in [0.1, 0.15) is 17.2 Å². The van der Waals surface area contributed by atoms with Crippen LogP contribution in [-0.2, 0) is 0 Å². The van der Waals surface area contributed by atoms with Gasteiger partial charge in [-0.05, 0) is 37.6 Å². The highest BCUT2D eigenvalue weighted by Crippen LogP contribution is 2.25. The predicted octanol–water partition coefficient (Wildman–Crippen LogP) is 3.72. The second-order valence-corrected chi connectivity index (χ2v) is 4.35. The molecule has 106 valence electrons. The van der Waals surface area contributed by atoms with E-state index in [9.17, 15) is 5.11 Å². The smallest absolute Gasteiger partial charge is 0.145 e. The van der Waals surface area contributed by atoms with Crippen molar-refractivity contribution in [2.75, 3.05) is 6.61 Å². The molecule has 2 rings (SSSR count). The first-order valence-electron chi connectivity index (χ1n) is 6.77. The topological polar surface area (TPSA) is 51.6 Å². The molecule has 1 N–H and O–H groups in total. The third kappa shape index (κ3) is 3.71. The summed E-state index contributed by atoms with van der Waals surface area (Å²) in [6.07, 6.45) is 1.73. The number of aliphatic hydroxyl groups excluding tert-OH is 1. The van der Waals surface area contributed by atoms with Crippen molar-refractivity contribution in [3.63, 3.8) is 0 Å². The summed E-state index contributed by atoms with van der Waals surface area (Å²) >= 11 is 0. The van der Waals surface area contributed by atoms with Crippen LogP contribution in [-0.4, -0.2) is 16.7 Å². The maximum atomic E-state index is 9.69. The molecule has 1 atom stereocenters. The Balaban J connectivity index is 2.08. The van der Waals surface area contributed by atoms with Crippen molar-refractivity contribution in [1.82, 2.24) is 4.98 Å². The second kappa shape index (κ2) is 6.91.